The predicted molar refractivity (Wildman–Crippen MR) is 215 cm³/mol. The van der Waals surface area contributed by atoms with Crippen molar-refractivity contribution in [3.63, 3.8) is 0 Å². The van der Waals surface area contributed by atoms with Crippen molar-refractivity contribution in [1.82, 2.24) is 19.9 Å². The molecule has 4 nitrogen and oxygen atoms in total. The first kappa shape index (κ1) is 29.8. The Bertz CT molecular complexity index is 2900. The fourth-order valence-electron chi connectivity index (χ4n) is 7.22. The van der Waals surface area contributed by atoms with Gasteiger partial charge in [-0.1, -0.05) is 146 Å². The van der Waals surface area contributed by atoms with Crippen LogP contribution in [0.2, 0.25) is 0 Å². The van der Waals surface area contributed by atoms with Crippen LogP contribution in [-0.2, 0) is 0 Å². The number of aromatic nitrogens is 4. The van der Waals surface area contributed by atoms with Crippen LogP contribution in [-0.4, -0.2) is 19.9 Å². The van der Waals surface area contributed by atoms with Crippen molar-refractivity contribution < 1.29 is 0 Å². The van der Waals surface area contributed by atoms with Gasteiger partial charge < -0.3 is 0 Å². The Morgan fingerprint density at radius 3 is 1.69 bits per heavy atom. The number of rotatable bonds is 5. The van der Waals surface area contributed by atoms with E-state index < -0.39 is 0 Å². The topological polar surface area (TPSA) is 51.6 Å². The summed E-state index contributed by atoms with van der Waals surface area (Å²) < 4.78 is 0. The zero-order valence-electron chi connectivity index (χ0n) is 28.1. The molecule has 0 bridgehead atoms. The van der Waals surface area contributed by atoms with Crippen LogP contribution in [0.4, 0.5) is 0 Å². The molecule has 0 aliphatic carbocycles. The molecule has 0 saturated heterocycles. The molecule has 0 atom stereocenters. The fraction of sp³-hybridized carbons (Fsp3) is 0. The highest BCUT2D eigenvalue weighted by Crippen LogP contribution is 2.35. The molecule has 0 unspecified atom stereocenters. The van der Waals surface area contributed by atoms with Gasteiger partial charge in [0.2, 0.25) is 0 Å². The van der Waals surface area contributed by atoms with Crippen molar-refractivity contribution in [2.24, 2.45) is 0 Å². The third-order valence-electron chi connectivity index (χ3n) is 9.85. The van der Waals surface area contributed by atoms with Gasteiger partial charge in [-0.3, -0.25) is 0 Å². The predicted octanol–water partition coefficient (Wildman–Crippen LogP) is 12.2. The summed E-state index contributed by atoms with van der Waals surface area (Å²) >= 11 is 0. The van der Waals surface area contributed by atoms with Gasteiger partial charge in [0.25, 0.3) is 0 Å². The van der Waals surface area contributed by atoms with E-state index in [0.29, 0.717) is 5.82 Å². The van der Waals surface area contributed by atoms with Crippen molar-refractivity contribution >= 4 is 43.4 Å². The van der Waals surface area contributed by atoms with Crippen LogP contribution in [0.1, 0.15) is 0 Å². The second-order valence-electron chi connectivity index (χ2n) is 13.1. The van der Waals surface area contributed by atoms with Gasteiger partial charge in [-0.15, -0.1) is 0 Å². The molecule has 0 amide bonds. The Kier molecular flexibility index (Phi) is 7.10. The average molecular weight is 663 g/mol. The van der Waals surface area contributed by atoms with Gasteiger partial charge in [0.1, 0.15) is 5.69 Å². The van der Waals surface area contributed by atoms with Crippen molar-refractivity contribution in [3.05, 3.63) is 182 Å². The second-order valence-corrected chi connectivity index (χ2v) is 13.1. The summed E-state index contributed by atoms with van der Waals surface area (Å²) in [6.07, 6.45) is 0. The Labute approximate surface area is 300 Å². The Hall–Kier alpha value is -7.04. The molecule has 3 heterocycles. The van der Waals surface area contributed by atoms with Gasteiger partial charge in [0.15, 0.2) is 5.82 Å². The van der Waals surface area contributed by atoms with Gasteiger partial charge in [0, 0.05) is 27.5 Å². The molecule has 0 aliphatic heterocycles. The van der Waals surface area contributed by atoms with Gasteiger partial charge in [-0.2, -0.15) is 0 Å². The Morgan fingerprint density at radius 2 is 0.885 bits per heavy atom. The lowest BCUT2D eigenvalue weighted by molar-refractivity contribution is 1.16. The molecule has 0 spiro atoms. The van der Waals surface area contributed by atoms with Crippen molar-refractivity contribution in [1.29, 1.82) is 0 Å². The SMILES string of the molecule is c1ccc(-c2cc(-c3ccccc3)nc(-c3ccc4ccc(-c5ccc6nc(-c7cccc8ccc9ccccc9c78)ccc6c5)cc4n3)n2)cc1. The number of benzene rings is 7. The lowest BCUT2D eigenvalue weighted by Crippen LogP contribution is -1.97. The highest BCUT2D eigenvalue weighted by atomic mass is 14.9. The molecule has 10 aromatic rings. The first-order chi connectivity index (χ1) is 25.7. The minimum atomic E-state index is 0.597. The Balaban J connectivity index is 1.03. The van der Waals surface area contributed by atoms with Gasteiger partial charge in [0.05, 0.1) is 28.1 Å². The van der Waals surface area contributed by atoms with Gasteiger partial charge in [-0.25, -0.2) is 19.9 Å². The largest absolute Gasteiger partial charge is 0.248 e. The number of fused-ring (bicyclic) bond motifs is 5. The number of nitrogens with zero attached hydrogens (tertiary/aromatic N) is 4. The summed E-state index contributed by atoms with van der Waals surface area (Å²) in [7, 11) is 0. The molecular formula is C48H30N4. The Morgan fingerprint density at radius 1 is 0.288 bits per heavy atom. The van der Waals surface area contributed by atoms with Crippen LogP contribution < -0.4 is 0 Å². The van der Waals surface area contributed by atoms with Crippen LogP contribution in [0.15, 0.2) is 182 Å². The quantitative estimate of drug-likeness (QED) is 0.172. The van der Waals surface area contributed by atoms with Crippen LogP contribution >= 0.6 is 0 Å². The zero-order chi connectivity index (χ0) is 34.4. The molecule has 0 fully saturated rings. The van der Waals surface area contributed by atoms with Crippen LogP contribution in [0.25, 0.3) is 99.8 Å². The van der Waals surface area contributed by atoms with Crippen molar-refractivity contribution in [2.45, 2.75) is 0 Å². The normalized spacial score (nSPS) is 11.5. The molecule has 3 aromatic heterocycles. The van der Waals surface area contributed by atoms with E-state index in [1.54, 1.807) is 0 Å². The molecular weight excluding hydrogens is 633 g/mol. The summed E-state index contributed by atoms with van der Waals surface area (Å²) in [5.41, 5.74) is 10.7. The maximum absolute atomic E-state index is 5.16. The van der Waals surface area contributed by atoms with E-state index in [9.17, 15) is 0 Å². The van der Waals surface area contributed by atoms with Gasteiger partial charge >= 0.3 is 0 Å². The summed E-state index contributed by atoms with van der Waals surface area (Å²) in [6, 6.07) is 63.3. The lowest BCUT2D eigenvalue weighted by Gasteiger charge is -2.11. The lowest BCUT2D eigenvalue weighted by atomic mass is 9.95. The van der Waals surface area contributed by atoms with Crippen LogP contribution in [0.3, 0.4) is 0 Å². The summed E-state index contributed by atoms with van der Waals surface area (Å²) in [6.45, 7) is 0. The summed E-state index contributed by atoms with van der Waals surface area (Å²) in [5.74, 6) is 0.597. The highest BCUT2D eigenvalue weighted by molar-refractivity contribution is 6.14. The molecule has 242 valence electrons. The third-order valence-corrected chi connectivity index (χ3v) is 9.85. The third kappa shape index (κ3) is 5.34. The highest BCUT2D eigenvalue weighted by Gasteiger charge is 2.14. The number of hydrogen-bond acceptors (Lipinski definition) is 4. The molecule has 0 radical (unpaired) electrons. The van der Waals surface area contributed by atoms with E-state index in [-0.39, 0.29) is 0 Å². The molecule has 52 heavy (non-hydrogen) atoms. The van der Waals surface area contributed by atoms with Crippen molar-refractivity contribution in [3.8, 4) is 56.4 Å². The van der Waals surface area contributed by atoms with Gasteiger partial charge in [-0.05, 0) is 69.1 Å². The molecule has 7 aromatic carbocycles. The van der Waals surface area contributed by atoms with Crippen LogP contribution in [0, 0.1) is 0 Å². The van der Waals surface area contributed by atoms with E-state index in [0.717, 1.165) is 72.4 Å². The first-order valence-electron chi connectivity index (χ1n) is 17.5. The van der Waals surface area contributed by atoms with Crippen molar-refractivity contribution in [2.75, 3.05) is 0 Å². The maximum Gasteiger partial charge on any atom is 0.179 e. The van der Waals surface area contributed by atoms with E-state index in [1.807, 2.05) is 42.5 Å². The number of hydrogen-bond donors (Lipinski definition) is 0. The van der Waals surface area contributed by atoms with E-state index in [4.69, 9.17) is 19.9 Å². The van der Waals surface area contributed by atoms with E-state index in [2.05, 4.69) is 140 Å². The standard InChI is InChI=1S/C48H30N4/c1-3-11-32(12-4-1)45-30-46(33-13-5-2-6-14-33)52-48(51-45)43-27-22-34-19-21-37(29-44(34)50-43)36-23-25-41-38(28-36)24-26-42(49-41)40-17-9-15-35-20-18-31-10-7-8-16-39(31)47(35)40/h1-30H. The van der Waals surface area contributed by atoms with Crippen LogP contribution in [0.5, 0.6) is 0 Å². The fourth-order valence-corrected chi connectivity index (χ4v) is 7.22. The molecule has 0 saturated carbocycles. The molecule has 0 aliphatic rings. The summed E-state index contributed by atoms with van der Waals surface area (Å²) in [5, 5.41) is 7.08. The summed E-state index contributed by atoms with van der Waals surface area (Å²) in [4.78, 5) is 20.3. The smallest absolute Gasteiger partial charge is 0.179 e. The van der Waals surface area contributed by atoms with E-state index >= 15 is 0 Å². The number of pyridine rings is 2. The molecule has 4 heteroatoms. The minimum absolute atomic E-state index is 0.597. The molecule has 10 rings (SSSR count). The second kappa shape index (κ2) is 12.4. The van der Waals surface area contributed by atoms with E-state index in [1.165, 1.54) is 21.5 Å². The first-order valence-corrected chi connectivity index (χ1v) is 17.5. The zero-order valence-corrected chi connectivity index (χ0v) is 28.1. The average Bonchev–Trinajstić information content (AvgIpc) is 3.23. The maximum atomic E-state index is 5.16. The monoisotopic (exact) mass is 662 g/mol. The molecule has 0 N–H and O–H groups in total. The minimum Gasteiger partial charge on any atom is -0.248 e.